The molecule has 6 rings (SSSR count). The Bertz CT molecular complexity index is 1030. The Balaban J connectivity index is 1.33. The maximum absolute atomic E-state index is 6.55. The van der Waals surface area contributed by atoms with Crippen molar-refractivity contribution in [3.8, 4) is 5.88 Å². The van der Waals surface area contributed by atoms with E-state index in [2.05, 4.69) is 45.6 Å². The Labute approximate surface area is 178 Å². The van der Waals surface area contributed by atoms with E-state index >= 15 is 0 Å². The van der Waals surface area contributed by atoms with Crippen LogP contribution in [0.3, 0.4) is 0 Å². The molecule has 4 atom stereocenters. The maximum Gasteiger partial charge on any atom is 0.213 e. The zero-order valence-corrected chi connectivity index (χ0v) is 17.7. The Kier molecular flexibility index (Phi) is 4.52. The number of likely N-dealkylation sites (tertiary alicyclic amines) is 1. The van der Waals surface area contributed by atoms with Crippen LogP contribution >= 0.6 is 0 Å². The number of ether oxygens (including phenoxy) is 1. The normalized spacial score (nSPS) is 29.2. The number of fused-ring (bicyclic) bond motifs is 2. The van der Waals surface area contributed by atoms with Crippen molar-refractivity contribution < 1.29 is 4.74 Å². The van der Waals surface area contributed by atoms with Crippen molar-refractivity contribution in [2.24, 2.45) is 17.8 Å². The van der Waals surface area contributed by atoms with E-state index in [0.29, 0.717) is 6.04 Å². The van der Waals surface area contributed by atoms with Crippen molar-refractivity contribution in [2.45, 2.75) is 44.8 Å². The molecule has 0 spiro atoms. The lowest BCUT2D eigenvalue weighted by molar-refractivity contribution is 0.0522. The lowest BCUT2D eigenvalue weighted by Gasteiger charge is -2.39. The number of rotatable bonds is 5. The quantitative estimate of drug-likeness (QED) is 0.631. The van der Waals surface area contributed by atoms with Gasteiger partial charge in [0.05, 0.1) is 17.1 Å². The molecule has 2 aromatic heterocycles. The van der Waals surface area contributed by atoms with E-state index in [9.17, 15) is 0 Å². The molecule has 1 saturated heterocycles. The van der Waals surface area contributed by atoms with Gasteiger partial charge in [0.1, 0.15) is 11.9 Å². The van der Waals surface area contributed by atoms with E-state index in [1.807, 2.05) is 24.4 Å². The molecule has 0 unspecified atom stereocenters. The average molecular weight is 403 g/mol. The first-order valence-corrected chi connectivity index (χ1v) is 11.5. The van der Waals surface area contributed by atoms with Gasteiger partial charge in [-0.1, -0.05) is 18.2 Å². The molecule has 0 bridgehead atoms. The van der Waals surface area contributed by atoms with E-state index in [-0.39, 0.29) is 6.10 Å². The molecule has 0 radical (unpaired) electrons. The minimum Gasteiger partial charge on any atom is -0.472 e. The van der Waals surface area contributed by atoms with E-state index in [1.54, 1.807) is 0 Å². The highest BCUT2D eigenvalue weighted by Crippen LogP contribution is 2.45. The number of benzene rings is 1. The van der Waals surface area contributed by atoms with Crippen LogP contribution in [0.15, 0.2) is 48.7 Å². The lowest BCUT2D eigenvalue weighted by Crippen LogP contribution is -2.40. The number of hydrogen-bond donors (Lipinski definition) is 0. The molecule has 5 heteroatoms. The number of aryl methyl sites for hydroxylation is 1. The van der Waals surface area contributed by atoms with Crippen LogP contribution in [0, 0.1) is 24.7 Å². The Morgan fingerprint density at radius 1 is 1.00 bits per heavy atom. The minimum absolute atomic E-state index is 0.123. The summed E-state index contributed by atoms with van der Waals surface area (Å²) in [6, 6.07) is 14.7. The van der Waals surface area contributed by atoms with Crippen molar-refractivity contribution in [1.29, 1.82) is 0 Å². The Morgan fingerprint density at radius 2 is 1.80 bits per heavy atom. The number of para-hydroxylation sites is 2. The van der Waals surface area contributed by atoms with Gasteiger partial charge in [-0.05, 0) is 68.6 Å². The molecular weight excluding hydrogens is 372 g/mol. The van der Waals surface area contributed by atoms with Crippen LogP contribution in [0.5, 0.6) is 5.88 Å². The fourth-order valence-electron chi connectivity index (χ4n) is 5.86. The molecule has 2 aliphatic carbocycles. The third-order valence-corrected chi connectivity index (χ3v) is 7.39. The van der Waals surface area contributed by atoms with Gasteiger partial charge >= 0.3 is 0 Å². The summed E-state index contributed by atoms with van der Waals surface area (Å²) in [7, 11) is 0. The van der Waals surface area contributed by atoms with Gasteiger partial charge in [-0.15, -0.1) is 0 Å². The topological polar surface area (TPSA) is 43.2 Å². The highest BCUT2D eigenvalue weighted by Gasteiger charge is 2.45. The van der Waals surface area contributed by atoms with Gasteiger partial charge in [0.2, 0.25) is 5.88 Å². The molecule has 0 amide bonds. The van der Waals surface area contributed by atoms with Gasteiger partial charge in [0.15, 0.2) is 0 Å². The second kappa shape index (κ2) is 7.38. The number of imidazole rings is 1. The molecule has 30 heavy (non-hydrogen) atoms. The fraction of sp³-hybridized carbons (Fsp3) is 0.520. The molecule has 1 aromatic carbocycles. The Morgan fingerprint density at radius 3 is 2.60 bits per heavy atom. The molecule has 3 heterocycles. The molecule has 5 nitrogen and oxygen atoms in total. The smallest absolute Gasteiger partial charge is 0.213 e. The first kappa shape index (κ1) is 18.4. The molecule has 3 fully saturated rings. The van der Waals surface area contributed by atoms with Crippen LogP contribution in [0.4, 0.5) is 0 Å². The van der Waals surface area contributed by atoms with Gasteiger partial charge < -0.3 is 14.2 Å². The second-order valence-electron chi connectivity index (χ2n) is 9.56. The second-order valence-corrected chi connectivity index (χ2v) is 9.56. The number of pyridine rings is 1. The van der Waals surface area contributed by atoms with Gasteiger partial charge in [0.25, 0.3) is 0 Å². The van der Waals surface area contributed by atoms with Crippen molar-refractivity contribution in [3.05, 3.63) is 54.5 Å². The predicted octanol–water partition coefficient (Wildman–Crippen LogP) is 4.48. The highest BCUT2D eigenvalue weighted by molar-refractivity contribution is 5.76. The summed E-state index contributed by atoms with van der Waals surface area (Å²) in [6.07, 6.45) is 7.06. The van der Waals surface area contributed by atoms with Gasteiger partial charge in [-0.3, -0.25) is 0 Å². The van der Waals surface area contributed by atoms with Crippen LogP contribution < -0.4 is 4.74 Å². The van der Waals surface area contributed by atoms with Gasteiger partial charge in [-0.25, -0.2) is 9.97 Å². The van der Waals surface area contributed by atoms with E-state index < -0.39 is 0 Å². The third-order valence-electron chi connectivity index (χ3n) is 7.39. The number of hydrogen-bond acceptors (Lipinski definition) is 4. The van der Waals surface area contributed by atoms with Gasteiger partial charge in [0, 0.05) is 31.9 Å². The summed E-state index contributed by atoms with van der Waals surface area (Å²) in [4.78, 5) is 12.1. The van der Waals surface area contributed by atoms with Crippen LogP contribution in [-0.2, 0) is 0 Å². The number of nitrogens with zero attached hydrogens (tertiary/aromatic N) is 4. The first-order chi connectivity index (χ1) is 14.7. The number of aromatic nitrogens is 3. The van der Waals surface area contributed by atoms with Gasteiger partial charge in [-0.2, -0.15) is 0 Å². The third kappa shape index (κ3) is 3.39. The largest absolute Gasteiger partial charge is 0.472 e. The van der Waals surface area contributed by atoms with Crippen molar-refractivity contribution in [1.82, 2.24) is 19.4 Å². The van der Waals surface area contributed by atoms with Crippen LogP contribution in [0.2, 0.25) is 0 Å². The zero-order valence-electron chi connectivity index (χ0n) is 17.7. The minimum atomic E-state index is 0.123. The molecular formula is C25H30N4O. The average Bonchev–Trinajstić information content (AvgIpc) is 3.38. The zero-order chi connectivity index (χ0) is 20.1. The van der Waals surface area contributed by atoms with Crippen LogP contribution in [-0.4, -0.2) is 45.2 Å². The molecule has 2 saturated carbocycles. The fourth-order valence-corrected chi connectivity index (χ4v) is 5.86. The molecule has 3 aromatic rings. The predicted molar refractivity (Wildman–Crippen MR) is 118 cm³/mol. The summed E-state index contributed by atoms with van der Waals surface area (Å²) in [5.74, 6) is 4.26. The van der Waals surface area contributed by atoms with Crippen molar-refractivity contribution in [2.75, 3.05) is 19.6 Å². The van der Waals surface area contributed by atoms with Crippen molar-refractivity contribution in [3.63, 3.8) is 0 Å². The van der Waals surface area contributed by atoms with Crippen LogP contribution in [0.25, 0.3) is 11.0 Å². The summed E-state index contributed by atoms with van der Waals surface area (Å²) < 4.78 is 9.00. The molecule has 3 aliphatic rings. The lowest BCUT2D eigenvalue weighted by atomic mass is 9.77. The van der Waals surface area contributed by atoms with E-state index in [4.69, 9.17) is 9.72 Å². The molecule has 156 valence electrons. The van der Waals surface area contributed by atoms with E-state index in [1.165, 1.54) is 38.0 Å². The molecule has 0 N–H and O–H groups in total. The SMILES string of the molecule is Cc1nc2ccccc2n1[C@H]1C[C@H]2CN(CC3CC3)C[C@H]2C[C@@H]1Oc1ccccn1. The monoisotopic (exact) mass is 402 g/mol. The van der Waals surface area contributed by atoms with Crippen LogP contribution in [0.1, 0.15) is 37.5 Å². The van der Waals surface area contributed by atoms with E-state index in [0.717, 1.165) is 47.8 Å². The Hall–Kier alpha value is -2.40. The summed E-state index contributed by atoms with van der Waals surface area (Å²) in [6.45, 7) is 5.92. The molecule has 1 aliphatic heterocycles. The van der Waals surface area contributed by atoms with Crippen molar-refractivity contribution >= 4 is 11.0 Å². The highest BCUT2D eigenvalue weighted by atomic mass is 16.5. The maximum atomic E-state index is 6.55. The summed E-state index contributed by atoms with van der Waals surface area (Å²) in [5, 5.41) is 0. The first-order valence-electron chi connectivity index (χ1n) is 11.5. The summed E-state index contributed by atoms with van der Waals surface area (Å²) >= 11 is 0. The summed E-state index contributed by atoms with van der Waals surface area (Å²) in [5.41, 5.74) is 2.30. The standard InChI is InChI=1S/C25H30N4O/c1-17-27-21-6-2-3-7-22(21)29(17)23-12-19-15-28(14-18-9-10-18)16-20(19)13-24(23)30-25-8-4-5-11-26-25/h2-8,11,18-20,23-24H,9-10,12-16H2,1H3/t19-,20+,23-,24-/m0/s1.